The number of nitrogens with one attached hydrogen (secondary N) is 1. The molecule has 2 rings (SSSR count). The van der Waals surface area contributed by atoms with Crippen LogP contribution in [-0.2, 0) is 11.0 Å². The van der Waals surface area contributed by atoms with E-state index in [2.05, 4.69) is 5.32 Å². The van der Waals surface area contributed by atoms with E-state index < -0.39 is 17.6 Å². The maximum Gasteiger partial charge on any atom is 0.418 e. The average molecular weight is 336 g/mol. The fraction of sp³-hybridized carbons (Fsp3) is 0.278. The van der Waals surface area contributed by atoms with E-state index in [1.807, 2.05) is 42.2 Å². The molecule has 0 heterocycles. The molecule has 0 aliphatic heterocycles. The van der Waals surface area contributed by atoms with Crippen LogP contribution in [-0.4, -0.2) is 19.0 Å². The highest BCUT2D eigenvalue weighted by Crippen LogP contribution is 2.34. The van der Waals surface area contributed by atoms with Crippen molar-refractivity contribution in [2.75, 3.05) is 23.3 Å². The lowest BCUT2D eigenvalue weighted by Crippen LogP contribution is -2.27. The Morgan fingerprint density at radius 3 is 2.29 bits per heavy atom. The van der Waals surface area contributed by atoms with Gasteiger partial charge >= 0.3 is 6.18 Å². The molecule has 0 atom stereocenters. The summed E-state index contributed by atoms with van der Waals surface area (Å²) in [4.78, 5) is 14.0. The molecule has 24 heavy (non-hydrogen) atoms. The Labute approximate surface area is 139 Å². The highest BCUT2D eigenvalue weighted by Gasteiger charge is 2.33. The van der Waals surface area contributed by atoms with E-state index in [1.54, 1.807) is 0 Å². The quantitative estimate of drug-likeness (QED) is 0.839. The second kappa shape index (κ2) is 7.86. The molecule has 0 spiro atoms. The second-order valence-electron chi connectivity index (χ2n) is 5.26. The maximum absolute atomic E-state index is 12.9. The van der Waals surface area contributed by atoms with E-state index in [9.17, 15) is 18.0 Å². The van der Waals surface area contributed by atoms with Gasteiger partial charge in [-0.2, -0.15) is 13.2 Å². The van der Waals surface area contributed by atoms with E-state index in [0.717, 1.165) is 11.8 Å². The minimum Gasteiger partial charge on any atom is -0.371 e. The molecule has 0 saturated heterocycles. The largest absolute Gasteiger partial charge is 0.418 e. The van der Waals surface area contributed by atoms with Crippen molar-refractivity contribution >= 4 is 17.3 Å². The summed E-state index contributed by atoms with van der Waals surface area (Å²) in [6, 6.07) is 14.5. The Morgan fingerprint density at radius 1 is 1.04 bits per heavy atom. The van der Waals surface area contributed by atoms with Crippen LogP contribution in [0.2, 0.25) is 0 Å². The molecule has 128 valence electrons. The van der Waals surface area contributed by atoms with Gasteiger partial charge in [0.1, 0.15) is 0 Å². The van der Waals surface area contributed by atoms with Crippen molar-refractivity contribution in [3.63, 3.8) is 0 Å². The molecule has 0 fully saturated rings. The predicted molar refractivity (Wildman–Crippen MR) is 89.0 cm³/mol. The summed E-state index contributed by atoms with van der Waals surface area (Å²) >= 11 is 0. The summed E-state index contributed by atoms with van der Waals surface area (Å²) in [6.07, 6.45) is -4.39. The number of amides is 1. The van der Waals surface area contributed by atoms with E-state index >= 15 is 0 Å². The Bertz CT molecular complexity index is 671. The zero-order chi connectivity index (χ0) is 17.6. The van der Waals surface area contributed by atoms with Gasteiger partial charge in [-0.15, -0.1) is 0 Å². The van der Waals surface area contributed by atoms with Crippen molar-refractivity contribution < 1.29 is 18.0 Å². The number of nitrogens with zero attached hydrogens (tertiary/aromatic N) is 1. The maximum atomic E-state index is 12.9. The number of rotatable bonds is 6. The molecule has 6 heteroatoms. The summed E-state index contributed by atoms with van der Waals surface area (Å²) < 4.78 is 38.8. The molecule has 0 saturated carbocycles. The van der Waals surface area contributed by atoms with Crippen LogP contribution in [0.1, 0.15) is 18.9 Å². The first-order valence-corrected chi connectivity index (χ1v) is 7.68. The molecular weight excluding hydrogens is 317 g/mol. The molecular formula is C18H19F3N2O. The molecule has 2 aromatic rings. The molecule has 3 nitrogen and oxygen atoms in total. The third-order valence-electron chi connectivity index (χ3n) is 3.62. The standard InChI is InChI=1S/C18H19F3N2O/c1-2-23(14-8-4-3-5-9-14)13-12-17(24)22-16-11-7-6-10-15(16)18(19,20)21/h3-11H,2,12-13H2,1H3,(H,22,24). The number of carbonyl (C=O) groups excluding carboxylic acids is 1. The zero-order valence-corrected chi connectivity index (χ0v) is 13.3. The molecule has 0 radical (unpaired) electrons. The van der Waals surface area contributed by atoms with Gasteiger partial charge in [0, 0.05) is 25.2 Å². The number of para-hydroxylation sites is 2. The minimum absolute atomic E-state index is 0.106. The van der Waals surface area contributed by atoms with Crippen molar-refractivity contribution in [3.05, 3.63) is 60.2 Å². The SMILES string of the molecule is CCN(CCC(=O)Nc1ccccc1C(F)(F)F)c1ccccc1. The Morgan fingerprint density at radius 2 is 1.67 bits per heavy atom. The van der Waals surface area contributed by atoms with Gasteiger partial charge in [-0.05, 0) is 31.2 Å². The summed E-state index contributed by atoms with van der Waals surface area (Å²) in [5.41, 5.74) is -0.0741. The number of hydrogen-bond donors (Lipinski definition) is 1. The first kappa shape index (κ1) is 17.8. The third-order valence-corrected chi connectivity index (χ3v) is 3.62. The molecule has 0 aliphatic carbocycles. The van der Waals surface area contributed by atoms with E-state index in [0.29, 0.717) is 13.1 Å². The van der Waals surface area contributed by atoms with Gasteiger partial charge in [-0.1, -0.05) is 30.3 Å². The summed E-state index contributed by atoms with van der Waals surface area (Å²) in [6.45, 7) is 3.10. The Kier molecular flexibility index (Phi) is 5.84. The van der Waals surface area contributed by atoms with Crippen LogP contribution < -0.4 is 10.2 Å². The van der Waals surface area contributed by atoms with E-state index in [4.69, 9.17) is 0 Å². The van der Waals surface area contributed by atoms with E-state index in [-0.39, 0.29) is 12.1 Å². The second-order valence-corrected chi connectivity index (χ2v) is 5.26. The van der Waals surface area contributed by atoms with Crippen LogP contribution in [0.3, 0.4) is 0 Å². The van der Waals surface area contributed by atoms with Crippen LogP contribution >= 0.6 is 0 Å². The first-order valence-electron chi connectivity index (χ1n) is 7.68. The van der Waals surface area contributed by atoms with Crippen molar-refractivity contribution in [2.24, 2.45) is 0 Å². The van der Waals surface area contributed by atoms with Gasteiger partial charge in [0.25, 0.3) is 0 Å². The Balaban J connectivity index is 1.99. The lowest BCUT2D eigenvalue weighted by molar-refractivity contribution is -0.137. The third kappa shape index (κ3) is 4.75. The summed E-state index contributed by atoms with van der Waals surface area (Å²) in [5, 5.41) is 2.36. The molecule has 0 aromatic heterocycles. The van der Waals surface area contributed by atoms with Crippen molar-refractivity contribution in [1.29, 1.82) is 0 Å². The molecule has 1 amide bonds. The number of hydrogen-bond acceptors (Lipinski definition) is 2. The molecule has 1 N–H and O–H groups in total. The summed E-state index contributed by atoms with van der Waals surface area (Å²) in [5.74, 6) is -0.443. The number of halogens is 3. The van der Waals surface area contributed by atoms with Crippen molar-refractivity contribution in [2.45, 2.75) is 19.5 Å². The topological polar surface area (TPSA) is 32.3 Å². The molecule has 0 unspecified atom stereocenters. The average Bonchev–Trinajstić information content (AvgIpc) is 2.56. The molecule has 0 aliphatic rings. The lowest BCUT2D eigenvalue weighted by atomic mass is 10.1. The molecule has 0 bridgehead atoms. The van der Waals surface area contributed by atoms with Crippen LogP contribution in [0.5, 0.6) is 0 Å². The summed E-state index contributed by atoms with van der Waals surface area (Å²) in [7, 11) is 0. The van der Waals surface area contributed by atoms with Crippen LogP contribution in [0.4, 0.5) is 24.5 Å². The Hall–Kier alpha value is -2.50. The van der Waals surface area contributed by atoms with Crippen LogP contribution in [0, 0.1) is 0 Å². The van der Waals surface area contributed by atoms with Gasteiger partial charge in [0.2, 0.25) is 5.91 Å². The monoisotopic (exact) mass is 336 g/mol. The fourth-order valence-corrected chi connectivity index (χ4v) is 2.40. The van der Waals surface area contributed by atoms with Crippen molar-refractivity contribution in [3.8, 4) is 0 Å². The fourth-order valence-electron chi connectivity index (χ4n) is 2.40. The molecule has 2 aromatic carbocycles. The first-order chi connectivity index (χ1) is 11.4. The van der Waals surface area contributed by atoms with Gasteiger partial charge in [-0.25, -0.2) is 0 Å². The normalized spacial score (nSPS) is 11.2. The van der Waals surface area contributed by atoms with Gasteiger partial charge in [0.15, 0.2) is 0 Å². The zero-order valence-electron chi connectivity index (χ0n) is 13.3. The number of carbonyl (C=O) groups is 1. The number of anilines is 2. The lowest BCUT2D eigenvalue weighted by Gasteiger charge is -2.23. The number of alkyl halides is 3. The number of benzene rings is 2. The van der Waals surface area contributed by atoms with Gasteiger partial charge in [-0.3, -0.25) is 4.79 Å². The van der Waals surface area contributed by atoms with Gasteiger partial charge in [0.05, 0.1) is 11.3 Å². The highest BCUT2D eigenvalue weighted by molar-refractivity contribution is 5.91. The smallest absolute Gasteiger partial charge is 0.371 e. The van der Waals surface area contributed by atoms with E-state index in [1.165, 1.54) is 18.2 Å². The predicted octanol–water partition coefficient (Wildman–Crippen LogP) is 4.56. The van der Waals surface area contributed by atoms with Crippen LogP contribution in [0.15, 0.2) is 54.6 Å². The minimum atomic E-state index is -4.50. The van der Waals surface area contributed by atoms with Crippen LogP contribution in [0.25, 0.3) is 0 Å². The highest BCUT2D eigenvalue weighted by atomic mass is 19.4. The van der Waals surface area contributed by atoms with Crippen molar-refractivity contribution in [1.82, 2.24) is 0 Å². The van der Waals surface area contributed by atoms with Gasteiger partial charge < -0.3 is 10.2 Å².